The number of ether oxygens (including phenoxy) is 2. The number of esters is 2. The van der Waals surface area contributed by atoms with Crippen LogP contribution >= 0.6 is 0 Å². The highest BCUT2D eigenvalue weighted by molar-refractivity contribution is 5.90. The van der Waals surface area contributed by atoms with E-state index in [1.807, 2.05) is 62.4 Å². The number of rotatable bonds is 12. The van der Waals surface area contributed by atoms with Gasteiger partial charge in [-0.1, -0.05) is 71.2 Å². The van der Waals surface area contributed by atoms with E-state index in [9.17, 15) is 9.59 Å². The summed E-state index contributed by atoms with van der Waals surface area (Å²) < 4.78 is 11.6. The lowest BCUT2D eigenvalue weighted by atomic mass is 9.95. The van der Waals surface area contributed by atoms with Gasteiger partial charge in [-0.25, -0.2) is 9.59 Å². The molecule has 0 aromatic heterocycles. The van der Waals surface area contributed by atoms with Gasteiger partial charge in [-0.2, -0.15) is 0 Å². The monoisotopic (exact) mass is 438 g/mol. The largest absolute Gasteiger partial charge is 0.459 e. The third kappa shape index (κ3) is 7.51. The Kier molecular flexibility index (Phi) is 10.5. The lowest BCUT2D eigenvalue weighted by Gasteiger charge is -2.28. The minimum absolute atomic E-state index is 0.124. The van der Waals surface area contributed by atoms with Crippen molar-refractivity contribution in [3.8, 4) is 0 Å². The van der Waals surface area contributed by atoms with Crippen LogP contribution in [0, 0.1) is 5.92 Å². The zero-order chi connectivity index (χ0) is 23.5. The molecule has 0 aliphatic rings. The number of aryl methyl sites for hydroxylation is 2. The van der Waals surface area contributed by atoms with Gasteiger partial charge in [-0.3, -0.25) is 0 Å². The zero-order valence-corrected chi connectivity index (χ0v) is 20.2. The molecule has 4 heteroatoms. The van der Waals surface area contributed by atoms with Crippen LogP contribution < -0.4 is 0 Å². The second-order valence-electron chi connectivity index (χ2n) is 8.60. The van der Waals surface area contributed by atoms with Gasteiger partial charge >= 0.3 is 11.9 Å². The number of carbonyl (C=O) groups excluding carboxylic acids is 2. The molecule has 4 nitrogen and oxygen atoms in total. The summed E-state index contributed by atoms with van der Waals surface area (Å²) in [4.78, 5) is 25.3. The van der Waals surface area contributed by atoms with E-state index in [0.717, 1.165) is 32.1 Å². The van der Waals surface area contributed by atoms with Crippen molar-refractivity contribution in [2.45, 2.75) is 85.4 Å². The standard InChI is InChI=1S/C28H38O4/c1-6-9-22-12-16-24(17-13-22)27(29)31-21(5)20(4)26(11-8-3)32-28(30)25-18-14-23(10-7-2)15-19-25/h12-21,26H,6-11H2,1-5H3. The first-order valence-electron chi connectivity index (χ1n) is 12.0. The molecule has 2 rings (SSSR count). The lowest BCUT2D eigenvalue weighted by Crippen LogP contribution is -2.34. The molecule has 32 heavy (non-hydrogen) atoms. The van der Waals surface area contributed by atoms with Gasteiger partial charge in [0.2, 0.25) is 0 Å². The maximum absolute atomic E-state index is 12.7. The first-order chi connectivity index (χ1) is 15.4. The molecule has 0 saturated carbocycles. The van der Waals surface area contributed by atoms with Crippen molar-refractivity contribution in [2.75, 3.05) is 0 Å². The first kappa shape index (κ1) is 25.6. The third-order valence-corrected chi connectivity index (χ3v) is 5.91. The van der Waals surface area contributed by atoms with Gasteiger partial charge in [0, 0.05) is 5.92 Å². The van der Waals surface area contributed by atoms with Crippen molar-refractivity contribution in [3.05, 3.63) is 70.8 Å². The smallest absolute Gasteiger partial charge is 0.338 e. The van der Waals surface area contributed by atoms with Crippen molar-refractivity contribution in [1.29, 1.82) is 0 Å². The van der Waals surface area contributed by atoms with Crippen molar-refractivity contribution >= 4 is 11.9 Å². The van der Waals surface area contributed by atoms with Crippen molar-refractivity contribution in [2.24, 2.45) is 5.92 Å². The molecule has 0 N–H and O–H groups in total. The van der Waals surface area contributed by atoms with Crippen LogP contribution in [0.3, 0.4) is 0 Å². The average molecular weight is 439 g/mol. The highest BCUT2D eigenvalue weighted by atomic mass is 16.6. The Morgan fingerprint density at radius 1 is 0.688 bits per heavy atom. The fourth-order valence-corrected chi connectivity index (χ4v) is 3.76. The molecule has 0 radical (unpaired) electrons. The van der Waals surface area contributed by atoms with Crippen LogP contribution in [-0.2, 0) is 22.3 Å². The molecule has 0 heterocycles. The molecule has 3 atom stereocenters. The van der Waals surface area contributed by atoms with Crippen molar-refractivity contribution < 1.29 is 19.1 Å². The van der Waals surface area contributed by atoms with E-state index < -0.39 is 0 Å². The molecule has 174 valence electrons. The van der Waals surface area contributed by atoms with E-state index >= 15 is 0 Å². The molecule has 3 unspecified atom stereocenters. The fourth-order valence-electron chi connectivity index (χ4n) is 3.76. The highest BCUT2D eigenvalue weighted by Crippen LogP contribution is 2.22. The van der Waals surface area contributed by atoms with Crippen molar-refractivity contribution in [3.63, 3.8) is 0 Å². The van der Waals surface area contributed by atoms with Gasteiger partial charge in [0.15, 0.2) is 0 Å². The van der Waals surface area contributed by atoms with Crippen LogP contribution in [-0.4, -0.2) is 24.1 Å². The predicted molar refractivity (Wildman–Crippen MR) is 129 cm³/mol. The summed E-state index contributed by atoms with van der Waals surface area (Å²) in [6, 6.07) is 15.2. The molecule has 0 aliphatic carbocycles. The molecule has 0 aliphatic heterocycles. The maximum atomic E-state index is 12.7. The second-order valence-corrected chi connectivity index (χ2v) is 8.60. The summed E-state index contributed by atoms with van der Waals surface area (Å²) in [6.07, 6.45) is 5.01. The molecule has 0 fully saturated rings. The quantitative estimate of drug-likeness (QED) is 0.342. The third-order valence-electron chi connectivity index (χ3n) is 5.91. The van der Waals surface area contributed by atoms with Gasteiger partial charge in [-0.05, 0) is 61.6 Å². The van der Waals surface area contributed by atoms with Gasteiger partial charge in [0.05, 0.1) is 11.1 Å². The number of carbonyl (C=O) groups is 2. The summed E-state index contributed by atoms with van der Waals surface area (Å²) in [5, 5.41) is 0. The molecule has 2 aromatic rings. The summed E-state index contributed by atoms with van der Waals surface area (Å²) in [5.41, 5.74) is 3.52. The Bertz CT molecular complexity index is 839. The Labute approximate surface area is 193 Å². The number of hydrogen-bond donors (Lipinski definition) is 0. The van der Waals surface area contributed by atoms with E-state index in [-0.39, 0.29) is 30.1 Å². The van der Waals surface area contributed by atoms with Crippen LogP contribution in [0.2, 0.25) is 0 Å². The summed E-state index contributed by atoms with van der Waals surface area (Å²) in [6.45, 7) is 10.2. The number of hydrogen-bond acceptors (Lipinski definition) is 4. The van der Waals surface area contributed by atoms with Crippen molar-refractivity contribution in [1.82, 2.24) is 0 Å². The van der Waals surface area contributed by atoms with E-state index in [2.05, 4.69) is 20.8 Å². The summed E-state index contributed by atoms with van der Waals surface area (Å²) in [7, 11) is 0. The Hall–Kier alpha value is -2.62. The second kappa shape index (κ2) is 13.0. The van der Waals surface area contributed by atoms with E-state index in [1.54, 1.807) is 0 Å². The SMILES string of the molecule is CCCc1ccc(C(=O)OC(C)C(C)C(CCC)OC(=O)c2ccc(CCC)cc2)cc1. The first-order valence-corrected chi connectivity index (χ1v) is 12.0. The Morgan fingerprint density at radius 2 is 1.12 bits per heavy atom. The van der Waals surface area contributed by atoms with Gasteiger partial charge in [0.25, 0.3) is 0 Å². The Morgan fingerprint density at radius 3 is 1.53 bits per heavy atom. The van der Waals surface area contributed by atoms with Crippen LogP contribution in [0.25, 0.3) is 0 Å². The lowest BCUT2D eigenvalue weighted by molar-refractivity contribution is -0.0253. The predicted octanol–water partition coefficient (Wildman–Crippen LogP) is 6.80. The molecule has 0 spiro atoms. The minimum atomic E-state index is -0.380. The number of benzene rings is 2. The van der Waals surface area contributed by atoms with Gasteiger partial charge in [-0.15, -0.1) is 0 Å². The van der Waals surface area contributed by atoms with E-state index in [1.165, 1.54) is 11.1 Å². The maximum Gasteiger partial charge on any atom is 0.338 e. The van der Waals surface area contributed by atoms with Crippen LogP contribution in [0.5, 0.6) is 0 Å². The molecule has 0 amide bonds. The van der Waals surface area contributed by atoms with Gasteiger partial charge < -0.3 is 9.47 Å². The van der Waals surface area contributed by atoms with Crippen LogP contribution in [0.1, 0.15) is 92.1 Å². The van der Waals surface area contributed by atoms with E-state index in [0.29, 0.717) is 17.5 Å². The van der Waals surface area contributed by atoms with Crippen LogP contribution in [0.15, 0.2) is 48.5 Å². The molecular weight excluding hydrogens is 400 g/mol. The average Bonchev–Trinajstić information content (AvgIpc) is 2.79. The molecule has 0 bridgehead atoms. The molecule has 0 saturated heterocycles. The van der Waals surface area contributed by atoms with Gasteiger partial charge in [0.1, 0.15) is 12.2 Å². The highest BCUT2D eigenvalue weighted by Gasteiger charge is 2.28. The Balaban J connectivity index is 2.00. The normalized spacial score (nSPS) is 13.8. The molecular formula is C28H38O4. The van der Waals surface area contributed by atoms with E-state index in [4.69, 9.17) is 9.47 Å². The molecule has 2 aromatic carbocycles. The summed E-state index contributed by atoms with van der Waals surface area (Å²) in [5.74, 6) is -0.801. The fraction of sp³-hybridized carbons (Fsp3) is 0.500. The minimum Gasteiger partial charge on any atom is -0.459 e. The topological polar surface area (TPSA) is 52.6 Å². The zero-order valence-electron chi connectivity index (χ0n) is 20.2. The summed E-state index contributed by atoms with van der Waals surface area (Å²) >= 11 is 0. The van der Waals surface area contributed by atoms with Crippen LogP contribution in [0.4, 0.5) is 0 Å².